The summed E-state index contributed by atoms with van der Waals surface area (Å²) in [6.45, 7) is 4.07. The van der Waals surface area contributed by atoms with Crippen LogP contribution in [0.25, 0.3) is 5.69 Å². The predicted octanol–water partition coefficient (Wildman–Crippen LogP) is 5.00. The Bertz CT molecular complexity index is 763. The average Bonchev–Trinajstić information content (AvgIpc) is 2.85. The third kappa shape index (κ3) is 3.00. The van der Waals surface area contributed by atoms with Crippen molar-refractivity contribution in [3.05, 3.63) is 70.5 Å². The largest absolute Gasteiger partial charge is 0.324 e. The van der Waals surface area contributed by atoms with Crippen LogP contribution in [-0.4, -0.2) is 9.55 Å². The van der Waals surface area contributed by atoms with Crippen molar-refractivity contribution < 1.29 is 0 Å². The highest BCUT2D eigenvalue weighted by Gasteiger charge is 2.09. The lowest BCUT2D eigenvalue weighted by Crippen LogP contribution is -2.01. The van der Waals surface area contributed by atoms with Crippen LogP contribution in [0.3, 0.4) is 0 Å². The molecule has 2 aromatic carbocycles. The Morgan fingerprint density at radius 2 is 1.81 bits per heavy atom. The van der Waals surface area contributed by atoms with E-state index < -0.39 is 0 Å². The van der Waals surface area contributed by atoms with Crippen LogP contribution in [-0.2, 0) is 0 Å². The number of nitrogens with one attached hydrogen (secondary N) is 1. The van der Waals surface area contributed by atoms with Crippen LogP contribution in [0.4, 0.5) is 11.6 Å². The van der Waals surface area contributed by atoms with E-state index >= 15 is 0 Å². The van der Waals surface area contributed by atoms with Gasteiger partial charge in [0.2, 0.25) is 5.95 Å². The van der Waals surface area contributed by atoms with Gasteiger partial charge in [0.1, 0.15) is 0 Å². The van der Waals surface area contributed by atoms with Crippen molar-refractivity contribution in [2.45, 2.75) is 13.8 Å². The molecule has 4 heteroatoms. The van der Waals surface area contributed by atoms with Crippen LogP contribution in [0.15, 0.2) is 59.2 Å². The Balaban J connectivity index is 2.02. The average molecular weight is 342 g/mol. The lowest BCUT2D eigenvalue weighted by atomic mass is 10.2. The Morgan fingerprint density at radius 3 is 2.57 bits per heavy atom. The van der Waals surface area contributed by atoms with Gasteiger partial charge in [0.15, 0.2) is 0 Å². The highest BCUT2D eigenvalue weighted by Crippen LogP contribution is 2.27. The Labute approximate surface area is 132 Å². The number of aromatic nitrogens is 2. The predicted molar refractivity (Wildman–Crippen MR) is 90.5 cm³/mol. The van der Waals surface area contributed by atoms with E-state index in [0.29, 0.717) is 0 Å². The zero-order chi connectivity index (χ0) is 14.8. The molecule has 0 bridgehead atoms. The Kier molecular flexibility index (Phi) is 3.80. The van der Waals surface area contributed by atoms with Crippen LogP contribution >= 0.6 is 15.9 Å². The lowest BCUT2D eigenvalue weighted by molar-refractivity contribution is 1.06. The maximum atomic E-state index is 4.58. The summed E-state index contributed by atoms with van der Waals surface area (Å²) in [5, 5.41) is 3.41. The molecule has 0 spiro atoms. The van der Waals surface area contributed by atoms with Crippen molar-refractivity contribution in [1.82, 2.24) is 9.55 Å². The fourth-order valence-corrected chi connectivity index (χ4v) is 2.57. The Hall–Kier alpha value is -2.07. The topological polar surface area (TPSA) is 29.9 Å². The van der Waals surface area contributed by atoms with E-state index in [9.17, 15) is 0 Å². The number of hydrogen-bond donors (Lipinski definition) is 1. The molecule has 0 saturated carbocycles. The van der Waals surface area contributed by atoms with Crippen molar-refractivity contribution in [3.8, 4) is 5.69 Å². The second-order valence-corrected chi connectivity index (χ2v) is 5.87. The highest BCUT2D eigenvalue weighted by atomic mass is 79.9. The Morgan fingerprint density at radius 1 is 1.05 bits per heavy atom. The van der Waals surface area contributed by atoms with E-state index in [1.165, 1.54) is 5.56 Å². The number of rotatable bonds is 3. The summed E-state index contributed by atoms with van der Waals surface area (Å²) in [5.74, 6) is 0.810. The van der Waals surface area contributed by atoms with Gasteiger partial charge in [-0.15, -0.1) is 0 Å². The monoisotopic (exact) mass is 341 g/mol. The maximum Gasteiger partial charge on any atom is 0.212 e. The van der Waals surface area contributed by atoms with Crippen LogP contribution in [0.5, 0.6) is 0 Å². The molecule has 0 aliphatic carbocycles. The molecule has 0 unspecified atom stereocenters. The number of halogens is 1. The fourth-order valence-electron chi connectivity index (χ4n) is 2.23. The van der Waals surface area contributed by atoms with Crippen molar-refractivity contribution >= 4 is 27.6 Å². The van der Waals surface area contributed by atoms with Crippen LogP contribution in [0.1, 0.15) is 11.3 Å². The number of nitrogens with zero attached hydrogens (tertiary/aromatic N) is 2. The summed E-state index contributed by atoms with van der Waals surface area (Å²) in [5.41, 5.74) is 4.28. The van der Waals surface area contributed by atoms with Gasteiger partial charge < -0.3 is 5.32 Å². The number of aryl methyl sites for hydroxylation is 2. The minimum absolute atomic E-state index is 0.810. The number of hydrogen-bond acceptors (Lipinski definition) is 2. The summed E-state index contributed by atoms with van der Waals surface area (Å²) in [6, 6.07) is 16.4. The summed E-state index contributed by atoms with van der Waals surface area (Å²) >= 11 is 3.58. The molecule has 0 aliphatic heterocycles. The van der Waals surface area contributed by atoms with Gasteiger partial charge in [-0.3, -0.25) is 4.57 Å². The summed E-state index contributed by atoms with van der Waals surface area (Å²) in [6.07, 6.45) is 2.03. The van der Waals surface area contributed by atoms with E-state index in [1.54, 1.807) is 0 Å². The van der Waals surface area contributed by atoms with E-state index in [0.717, 1.165) is 27.5 Å². The van der Waals surface area contributed by atoms with E-state index in [-0.39, 0.29) is 0 Å². The molecule has 106 valence electrons. The van der Waals surface area contributed by atoms with Crippen LogP contribution in [0, 0.1) is 13.8 Å². The molecule has 0 atom stereocenters. The molecule has 1 N–H and O–H groups in total. The van der Waals surface area contributed by atoms with Gasteiger partial charge in [-0.1, -0.05) is 24.3 Å². The number of para-hydroxylation sites is 1. The maximum absolute atomic E-state index is 4.58. The van der Waals surface area contributed by atoms with Gasteiger partial charge in [0.05, 0.1) is 11.4 Å². The SMILES string of the molecule is Cc1ccc(Br)c(Nc2nc(C)cn2-c2ccccc2)c1. The van der Waals surface area contributed by atoms with Gasteiger partial charge in [-0.2, -0.15) is 0 Å². The summed E-state index contributed by atoms with van der Waals surface area (Å²) < 4.78 is 3.08. The first kappa shape index (κ1) is 13.9. The van der Waals surface area contributed by atoms with Crippen LogP contribution in [0.2, 0.25) is 0 Å². The number of anilines is 2. The standard InChI is InChI=1S/C17H16BrN3/c1-12-8-9-15(18)16(10-12)20-17-19-13(2)11-21(17)14-6-4-3-5-7-14/h3-11H,1-2H3,(H,19,20). The molecule has 0 fully saturated rings. The zero-order valence-electron chi connectivity index (χ0n) is 12.0. The normalized spacial score (nSPS) is 10.6. The molecule has 0 saturated heterocycles. The van der Waals surface area contributed by atoms with E-state index in [1.807, 2.05) is 37.4 Å². The molecule has 3 rings (SSSR count). The zero-order valence-corrected chi connectivity index (χ0v) is 13.6. The molecule has 21 heavy (non-hydrogen) atoms. The van der Waals surface area contributed by atoms with Gasteiger partial charge in [0, 0.05) is 16.4 Å². The quantitative estimate of drug-likeness (QED) is 0.726. The minimum atomic E-state index is 0.810. The molecule has 3 nitrogen and oxygen atoms in total. The highest BCUT2D eigenvalue weighted by molar-refractivity contribution is 9.10. The number of imidazole rings is 1. The third-order valence-electron chi connectivity index (χ3n) is 3.23. The van der Waals surface area contributed by atoms with Crippen molar-refractivity contribution in [1.29, 1.82) is 0 Å². The second kappa shape index (κ2) is 5.74. The van der Waals surface area contributed by atoms with E-state index in [4.69, 9.17) is 0 Å². The third-order valence-corrected chi connectivity index (χ3v) is 3.92. The van der Waals surface area contributed by atoms with Gasteiger partial charge >= 0.3 is 0 Å². The van der Waals surface area contributed by atoms with Gasteiger partial charge in [-0.25, -0.2) is 4.98 Å². The van der Waals surface area contributed by atoms with E-state index in [2.05, 4.69) is 62.0 Å². The lowest BCUT2D eigenvalue weighted by Gasteiger charge is -2.11. The molecule has 1 heterocycles. The summed E-state index contributed by atoms with van der Waals surface area (Å²) in [7, 11) is 0. The molecule has 0 amide bonds. The first-order valence-electron chi connectivity index (χ1n) is 6.78. The van der Waals surface area contributed by atoms with Crippen LogP contribution < -0.4 is 5.32 Å². The molecule has 1 aromatic heterocycles. The second-order valence-electron chi connectivity index (χ2n) is 5.02. The smallest absolute Gasteiger partial charge is 0.212 e. The molecule has 0 radical (unpaired) electrons. The molecule has 0 aliphatic rings. The molecule has 3 aromatic rings. The van der Waals surface area contributed by atoms with Crippen molar-refractivity contribution in [2.24, 2.45) is 0 Å². The fraction of sp³-hybridized carbons (Fsp3) is 0.118. The van der Waals surface area contributed by atoms with Crippen molar-refractivity contribution in [2.75, 3.05) is 5.32 Å². The molecular weight excluding hydrogens is 326 g/mol. The molecular formula is C17H16BrN3. The first-order valence-corrected chi connectivity index (χ1v) is 7.57. The summed E-state index contributed by atoms with van der Waals surface area (Å²) in [4.78, 5) is 4.58. The van der Waals surface area contributed by atoms with Gasteiger partial charge in [-0.05, 0) is 59.6 Å². The number of benzene rings is 2. The minimum Gasteiger partial charge on any atom is -0.324 e. The van der Waals surface area contributed by atoms with Crippen molar-refractivity contribution in [3.63, 3.8) is 0 Å². The first-order chi connectivity index (χ1) is 10.1. The van der Waals surface area contributed by atoms with Gasteiger partial charge in [0.25, 0.3) is 0 Å².